The van der Waals surface area contributed by atoms with E-state index in [4.69, 9.17) is 10.5 Å². The van der Waals surface area contributed by atoms with E-state index < -0.39 is 17.4 Å². The lowest BCUT2D eigenvalue weighted by Crippen LogP contribution is -2.33. The van der Waals surface area contributed by atoms with Gasteiger partial charge in [-0.3, -0.25) is 0 Å². The molecule has 0 aliphatic carbocycles. The standard InChI is InChI=1S/C13H19NO3.ClH/c1-13(2,8-15)11(14)9-6-4-5-7-10(9)12(16)17-3;/h4-7,11,15H,8,14H2,1-3H3;1H/t11-;/m1./s1. The van der Waals surface area contributed by atoms with Gasteiger partial charge in [-0.05, 0) is 11.6 Å². The molecule has 0 bridgehead atoms. The molecule has 102 valence electrons. The van der Waals surface area contributed by atoms with Crippen molar-refractivity contribution in [3.05, 3.63) is 35.4 Å². The summed E-state index contributed by atoms with van der Waals surface area (Å²) in [5.41, 5.74) is 6.75. The van der Waals surface area contributed by atoms with E-state index >= 15 is 0 Å². The van der Waals surface area contributed by atoms with E-state index in [1.54, 1.807) is 18.2 Å². The highest BCUT2D eigenvalue weighted by molar-refractivity contribution is 5.91. The normalized spacial score (nSPS) is 12.5. The minimum Gasteiger partial charge on any atom is -0.465 e. The molecule has 5 heteroatoms. The van der Waals surface area contributed by atoms with Crippen LogP contribution < -0.4 is 5.73 Å². The lowest BCUT2D eigenvalue weighted by molar-refractivity contribution is 0.0595. The minimum absolute atomic E-state index is 0. The van der Waals surface area contributed by atoms with Crippen LogP contribution >= 0.6 is 12.4 Å². The van der Waals surface area contributed by atoms with E-state index in [2.05, 4.69) is 0 Å². The first kappa shape index (κ1) is 16.9. The Hall–Kier alpha value is -1.10. The van der Waals surface area contributed by atoms with Crippen LogP contribution in [0.2, 0.25) is 0 Å². The topological polar surface area (TPSA) is 72.5 Å². The number of benzene rings is 1. The van der Waals surface area contributed by atoms with Gasteiger partial charge in [0.25, 0.3) is 0 Å². The van der Waals surface area contributed by atoms with Crippen molar-refractivity contribution in [2.75, 3.05) is 13.7 Å². The van der Waals surface area contributed by atoms with Crippen LogP contribution in [-0.4, -0.2) is 24.8 Å². The molecule has 1 atom stereocenters. The first-order valence-electron chi connectivity index (χ1n) is 5.47. The van der Waals surface area contributed by atoms with Crippen LogP contribution in [0.1, 0.15) is 35.8 Å². The number of rotatable bonds is 4. The van der Waals surface area contributed by atoms with E-state index in [1.165, 1.54) is 7.11 Å². The number of halogens is 1. The molecule has 0 heterocycles. The lowest BCUT2D eigenvalue weighted by Gasteiger charge is -2.30. The molecule has 0 spiro atoms. The maximum atomic E-state index is 11.6. The summed E-state index contributed by atoms with van der Waals surface area (Å²) < 4.78 is 4.72. The molecule has 3 N–H and O–H groups in total. The number of carbonyl (C=O) groups is 1. The quantitative estimate of drug-likeness (QED) is 0.822. The number of aliphatic hydroxyl groups excluding tert-OH is 1. The molecule has 0 amide bonds. The van der Waals surface area contributed by atoms with E-state index in [1.807, 2.05) is 19.9 Å². The van der Waals surface area contributed by atoms with E-state index in [9.17, 15) is 9.90 Å². The average molecular weight is 274 g/mol. The van der Waals surface area contributed by atoms with Crippen LogP contribution in [-0.2, 0) is 4.74 Å². The van der Waals surface area contributed by atoms with Gasteiger partial charge in [-0.15, -0.1) is 12.4 Å². The van der Waals surface area contributed by atoms with E-state index in [0.29, 0.717) is 11.1 Å². The molecule has 0 saturated carbocycles. The first-order chi connectivity index (χ1) is 7.94. The second-order valence-electron chi connectivity index (χ2n) is 4.70. The number of carbonyl (C=O) groups excluding carboxylic acids is 1. The molecule has 0 fully saturated rings. The van der Waals surface area contributed by atoms with Gasteiger partial charge in [0.2, 0.25) is 0 Å². The molecule has 0 unspecified atom stereocenters. The molecule has 0 aliphatic rings. The predicted octanol–water partition coefficient (Wildman–Crippen LogP) is 1.91. The molecular weight excluding hydrogens is 254 g/mol. The molecule has 1 aromatic rings. The Kier molecular flexibility index (Phi) is 6.32. The summed E-state index contributed by atoms with van der Waals surface area (Å²) in [6.07, 6.45) is 0. The molecule has 0 radical (unpaired) electrons. The predicted molar refractivity (Wildman–Crippen MR) is 72.8 cm³/mol. The molecule has 0 aliphatic heterocycles. The Labute approximate surface area is 114 Å². The van der Waals surface area contributed by atoms with Crippen LogP contribution in [0.15, 0.2) is 24.3 Å². The molecule has 1 aromatic carbocycles. The number of hydrogen-bond acceptors (Lipinski definition) is 4. The molecule has 4 nitrogen and oxygen atoms in total. The molecule has 1 rings (SSSR count). The van der Waals surface area contributed by atoms with Gasteiger partial charge < -0.3 is 15.6 Å². The third kappa shape index (κ3) is 3.45. The number of nitrogens with two attached hydrogens (primary N) is 1. The monoisotopic (exact) mass is 273 g/mol. The van der Waals surface area contributed by atoms with Crippen molar-refractivity contribution in [2.24, 2.45) is 11.1 Å². The summed E-state index contributed by atoms with van der Waals surface area (Å²) in [5, 5.41) is 9.32. The Morgan fingerprint density at radius 1 is 1.44 bits per heavy atom. The number of aliphatic hydroxyl groups is 1. The number of ether oxygens (including phenoxy) is 1. The second-order valence-corrected chi connectivity index (χ2v) is 4.70. The second kappa shape index (κ2) is 6.73. The van der Waals surface area contributed by atoms with Crippen molar-refractivity contribution < 1.29 is 14.6 Å². The summed E-state index contributed by atoms with van der Waals surface area (Å²) in [4.78, 5) is 11.6. The van der Waals surface area contributed by atoms with E-state index in [0.717, 1.165) is 0 Å². The summed E-state index contributed by atoms with van der Waals surface area (Å²) in [5.74, 6) is -0.412. The van der Waals surface area contributed by atoms with E-state index in [-0.39, 0.29) is 19.0 Å². The molecule has 0 saturated heterocycles. The Bertz CT molecular complexity index is 407. The Balaban J connectivity index is 0.00000289. The zero-order valence-corrected chi connectivity index (χ0v) is 11.7. The fourth-order valence-corrected chi connectivity index (χ4v) is 1.58. The number of methoxy groups -OCH3 is 1. The van der Waals surface area contributed by atoms with Crippen LogP contribution in [0.4, 0.5) is 0 Å². The lowest BCUT2D eigenvalue weighted by atomic mass is 9.80. The van der Waals surface area contributed by atoms with Crippen molar-refractivity contribution in [1.82, 2.24) is 0 Å². The fraction of sp³-hybridized carbons (Fsp3) is 0.462. The van der Waals surface area contributed by atoms with Gasteiger partial charge in [-0.1, -0.05) is 32.0 Å². The Morgan fingerprint density at radius 2 is 2.00 bits per heavy atom. The van der Waals surface area contributed by atoms with Crippen molar-refractivity contribution in [1.29, 1.82) is 0 Å². The third-order valence-corrected chi connectivity index (χ3v) is 2.95. The SMILES string of the molecule is COC(=O)c1ccccc1[C@@H](N)C(C)(C)CO.Cl. The molecule has 18 heavy (non-hydrogen) atoms. The summed E-state index contributed by atoms with van der Waals surface area (Å²) in [6, 6.07) is 6.61. The van der Waals surface area contributed by atoms with Gasteiger partial charge in [0.15, 0.2) is 0 Å². The summed E-state index contributed by atoms with van der Waals surface area (Å²) >= 11 is 0. The highest BCUT2D eigenvalue weighted by atomic mass is 35.5. The summed E-state index contributed by atoms with van der Waals surface area (Å²) in [7, 11) is 1.34. The van der Waals surface area contributed by atoms with Crippen LogP contribution in [0.3, 0.4) is 0 Å². The van der Waals surface area contributed by atoms with Crippen LogP contribution in [0.5, 0.6) is 0 Å². The fourth-order valence-electron chi connectivity index (χ4n) is 1.58. The largest absolute Gasteiger partial charge is 0.465 e. The van der Waals surface area contributed by atoms with Crippen molar-refractivity contribution >= 4 is 18.4 Å². The van der Waals surface area contributed by atoms with Crippen LogP contribution in [0.25, 0.3) is 0 Å². The van der Waals surface area contributed by atoms with Crippen molar-refractivity contribution in [3.8, 4) is 0 Å². The van der Waals surface area contributed by atoms with Gasteiger partial charge in [0, 0.05) is 18.1 Å². The van der Waals surface area contributed by atoms with Crippen LogP contribution in [0, 0.1) is 5.41 Å². The van der Waals surface area contributed by atoms with Gasteiger partial charge in [-0.25, -0.2) is 4.79 Å². The third-order valence-electron chi connectivity index (χ3n) is 2.95. The molecular formula is C13H20ClNO3. The average Bonchev–Trinajstić information content (AvgIpc) is 2.36. The molecule has 0 aromatic heterocycles. The number of hydrogen-bond donors (Lipinski definition) is 2. The smallest absolute Gasteiger partial charge is 0.338 e. The highest BCUT2D eigenvalue weighted by Gasteiger charge is 2.29. The maximum absolute atomic E-state index is 11.6. The first-order valence-corrected chi connectivity index (χ1v) is 5.47. The van der Waals surface area contributed by atoms with Gasteiger partial charge >= 0.3 is 5.97 Å². The Morgan fingerprint density at radius 3 is 2.50 bits per heavy atom. The minimum atomic E-state index is -0.496. The van der Waals surface area contributed by atoms with Gasteiger partial charge in [0.05, 0.1) is 12.7 Å². The highest BCUT2D eigenvalue weighted by Crippen LogP contribution is 2.32. The van der Waals surface area contributed by atoms with Gasteiger partial charge in [0.1, 0.15) is 0 Å². The zero-order valence-electron chi connectivity index (χ0n) is 10.8. The summed E-state index contributed by atoms with van der Waals surface area (Å²) in [6.45, 7) is 3.65. The number of esters is 1. The zero-order chi connectivity index (χ0) is 13.1. The maximum Gasteiger partial charge on any atom is 0.338 e. The van der Waals surface area contributed by atoms with Crippen molar-refractivity contribution in [2.45, 2.75) is 19.9 Å². The van der Waals surface area contributed by atoms with Gasteiger partial charge in [-0.2, -0.15) is 0 Å². The van der Waals surface area contributed by atoms with Crippen molar-refractivity contribution in [3.63, 3.8) is 0 Å².